The Bertz CT molecular complexity index is 598. The summed E-state index contributed by atoms with van der Waals surface area (Å²) in [5.74, 6) is 0. The molecule has 0 aliphatic carbocycles. The van der Waals surface area contributed by atoms with Crippen molar-refractivity contribution < 1.29 is 8.42 Å². The lowest BCUT2D eigenvalue weighted by Gasteiger charge is -2.36. The second-order valence-corrected chi connectivity index (χ2v) is 7.49. The molecule has 0 saturated carbocycles. The molecule has 1 aromatic heterocycles. The zero-order chi connectivity index (χ0) is 15.1. The SMILES string of the molecule is Cc1nn(C)c(C)c1S(=O)(=O)N1CCCCC1C(C)N.Cl. The van der Waals surface area contributed by atoms with E-state index in [1.54, 1.807) is 29.9 Å². The zero-order valence-electron chi connectivity index (χ0n) is 13.0. The highest BCUT2D eigenvalue weighted by Crippen LogP contribution is 2.29. The number of nitrogens with two attached hydrogens (primary N) is 1. The molecule has 122 valence electrons. The lowest BCUT2D eigenvalue weighted by atomic mass is 10.00. The largest absolute Gasteiger partial charge is 0.326 e. The molecule has 2 rings (SSSR count). The van der Waals surface area contributed by atoms with Gasteiger partial charge in [0.15, 0.2) is 0 Å². The number of hydrogen-bond donors (Lipinski definition) is 1. The topological polar surface area (TPSA) is 81.2 Å². The summed E-state index contributed by atoms with van der Waals surface area (Å²) in [5.41, 5.74) is 7.22. The van der Waals surface area contributed by atoms with E-state index in [-0.39, 0.29) is 24.5 Å². The van der Waals surface area contributed by atoms with Gasteiger partial charge in [0.1, 0.15) is 4.90 Å². The van der Waals surface area contributed by atoms with Crippen molar-refractivity contribution in [1.29, 1.82) is 0 Å². The molecule has 0 aromatic carbocycles. The number of hydrogen-bond acceptors (Lipinski definition) is 4. The van der Waals surface area contributed by atoms with Gasteiger partial charge >= 0.3 is 0 Å². The lowest BCUT2D eigenvalue weighted by Crippen LogP contribution is -2.51. The second-order valence-electron chi connectivity index (χ2n) is 5.66. The molecule has 2 heterocycles. The molecule has 2 atom stereocenters. The molecule has 0 bridgehead atoms. The Kier molecular flexibility index (Phi) is 5.83. The van der Waals surface area contributed by atoms with Crippen LogP contribution in [0.5, 0.6) is 0 Å². The van der Waals surface area contributed by atoms with Crippen molar-refractivity contribution in [3.05, 3.63) is 11.4 Å². The number of nitrogens with zero attached hydrogens (tertiary/aromatic N) is 3. The van der Waals surface area contributed by atoms with Crippen molar-refractivity contribution in [2.45, 2.75) is 57.0 Å². The predicted molar refractivity (Wildman–Crippen MR) is 85.1 cm³/mol. The quantitative estimate of drug-likeness (QED) is 0.903. The first-order valence-electron chi connectivity index (χ1n) is 7.04. The van der Waals surface area contributed by atoms with Crippen LogP contribution in [-0.4, -0.2) is 41.1 Å². The molecular weight excluding hydrogens is 312 g/mol. The number of piperidine rings is 1. The molecule has 1 saturated heterocycles. The van der Waals surface area contributed by atoms with Crippen LogP contribution in [-0.2, 0) is 17.1 Å². The van der Waals surface area contributed by atoms with E-state index in [9.17, 15) is 8.42 Å². The number of aryl methyl sites for hydroxylation is 2. The van der Waals surface area contributed by atoms with Gasteiger partial charge in [0.05, 0.1) is 11.4 Å². The van der Waals surface area contributed by atoms with Gasteiger partial charge in [-0.05, 0) is 33.6 Å². The van der Waals surface area contributed by atoms with Gasteiger partial charge < -0.3 is 5.73 Å². The minimum Gasteiger partial charge on any atom is -0.326 e. The molecule has 0 radical (unpaired) electrons. The van der Waals surface area contributed by atoms with E-state index in [1.165, 1.54) is 0 Å². The van der Waals surface area contributed by atoms with Crippen LogP contribution in [0.3, 0.4) is 0 Å². The molecule has 2 unspecified atom stereocenters. The Hall–Kier alpha value is -0.630. The molecule has 1 fully saturated rings. The number of halogens is 1. The van der Waals surface area contributed by atoms with E-state index in [2.05, 4.69) is 5.10 Å². The van der Waals surface area contributed by atoms with Crippen molar-refractivity contribution in [3.8, 4) is 0 Å². The van der Waals surface area contributed by atoms with E-state index in [0.717, 1.165) is 19.3 Å². The van der Waals surface area contributed by atoms with Crippen molar-refractivity contribution in [3.63, 3.8) is 0 Å². The van der Waals surface area contributed by atoms with Crippen molar-refractivity contribution in [2.24, 2.45) is 12.8 Å². The van der Waals surface area contributed by atoms with Gasteiger partial charge in [-0.25, -0.2) is 8.42 Å². The fourth-order valence-corrected chi connectivity index (χ4v) is 5.18. The minimum atomic E-state index is -3.53. The molecule has 0 amide bonds. The number of aromatic nitrogens is 2. The van der Waals surface area contributed by atoms with Crippen LogP contribution in [0.2, 0.25) is 0 Å². The molecule has 1 aliphatic rings. The Morgan fingerprint density at radius 1 is 1.33 bits per heavy atom. The van der Waals surface area contributed by atoms with Crippen LogP contribution in [0.15, 0.2) is 4.90 Å². The van der Waals surface area contributed by atoms with E-state index < -0.39 is 10.0 Å². The second kappa shape index (κ2) is 6.64. The van der Waals surface area contributed by atoms with E-state index in [0.29, 0.717) is 22.8 Å². The van der Waals surface area contributed by atoms with Gasteiger partial charge in [0.2, 0.25) is 10.0 Å². The molecule has 1 aliphatic heterocycles. The average Bonchev–Trinajstić information content (AvgIpc) is 2.63. The Balaban J connectivity index is 0.00000220. The highest BCUT2D eigenvalue weighted by Gasteiger charge is 2.38. The Labute approximate surface area is 133 Å². The van der Waals surface area contributed by atoms with Gasteiger partial charge in [0, 0.05) is 25.7 Å². The van der Waals surface area contributed by atoms with E-state index in [4.69, 9.17) is 5.73 Å². The van der Waals surface area contributed by atoms with Gasteiger partial charge in [0.25, 0.3) is 0 Å². The first-order chi connectivity index (χ1) is 9.26. The highest BCUT2D eigenvalue weighted by atomic mass is 35.5. The highest BCUT2D eigenvalue weighted by molar-refractivity contribution is 7.89. The molecule has 6 nitrogen and oxygen atoms in total. The average molecular weight is 337 g/mol. The van der Waals surface area contributed by atoms with Gasteiger partial charge in [-0.15, -0.1) is 12.4 Å². The van der Waals surface area contributed by atoms with Crippen molar-refractivity contribution in [2.75, 3.05) is 6.54 Å². The fraction of sp³-hybridized carbons (Fsp3) is 0.769. The third-order valence-electron chi connectivity index (χ3n) is 4.11. The minimum absolute atomic E-state index is 0. The third-order valence-corrected chi connectivity index (χ3v) is 6.29. The standard InChI is InChI=1S/C13H24N4O2S.ClH/c1-9(14)12-7-5-6-8-17(12)20(18,19)13-10(2)15-16(4)11(13)3;/h9,12H,5-8,14H2,1-4H3;1H. The van der Waals surface area contributed by atoms with Crippen molar-refractivity contribution >= 4 is 22.4 Å². The van der Waals surface area contributed by atoms with Crippen LogP contribution in [0.4, 0.5) is 0 Å². The molecule has 8 heteroatoms. The maximum Gasteiger partial charge on any atom is 0.247 e. The van der Waals surface area contributed by atoms with Gasteiger partial charge in [-0.3, -0.25) is 4.68 Å². The summed E-state index contributed by atoms with van der Waals surface area (Å²) in [5, 5.41) is 4.22. The lowest BCUT2D eigenvalue weighted by molar-refractivity contribution is 0.227. The maximum atomic E-state index is 13.0. The van der Waals surface area contributed by atoms with E-state index >= 15 is 0 Å². The summed E-state index contributed by atoms with van der Waals surface area (Å²) in [6.07, 6.45) is 2.75. The van der Waals surface area contributed by atoms with Crippen LogP contribution >= 0.6 is 12.4 Å². The normalized spacial score (nSPS) is 21.9. The third kappa shape index (κ3) is 3.26. The monoisotopic (exact) mass is 336 g/mol. The van der Waals surface area contributed by atoms with Gasteiger partial charge in [-0.2, -0.15) is 9.40 Å². The fourth-order valence-electron chi connectivity index (χ4n) is 3.00. The Morgan fingerprint density at radius 2 is 1.95 bits per heavy atom. The van der Waals surface area contributed by atoms with E-state index in [1.807, 2.05) is 6.92 Å². The summed E-state index contributed by atoms with van der Waals surface area (Å²) >= 11 is 0. The van der Waals surface area contributed by atoms with Gasteiger partial charge in [-0.1, -0.05) is 6.42 Å². The first-order valence-corrected chi connectivity index (χ1v) is 8.48. The summed E-state index contributed by atoms with van der Waals surface area (Å²) in [6, 6.07) is -0.282. The van der Waals surface area contributed by atoms with Crippen LogP contribution < -0.4 is 5.73 Å². The van der Waals surface area contributed by atoms with Crippen molar-refractivity contribution in [1.82, 2.24) is 14.1 Å². The van der Waals surface area contributed by atoms with Crippen LogP contribution in [0.1, 0.15) is 37.6 Å². The molecule has 0 spiro atoms. The summed E-state index contributed by atoms with van der Waals surface area (Å²) in [4.78, 5) is 0.340. The summed E-state index contributed by atoms with van der Waals surface area (Å²) in [7, 11) is -1.76. The Morgan fingerprint density at radius 3 is 2.43 bits per heavy atom. The molecular formula is C13H25ClN4O2S. The van der Waals surface area contributed by atoms with Crippen LogP contribution in [0.25, 0.3) is 0 Å². The summed E-state index contributed by atoms with van der Waals surface area (Å²) in [6.45, 7) is 5.95. The molecule has 21 heavy (non-hydrogen) atoms. The van der Waals surface area contributed by atoms with Crippen LogP contribution in [0, 0.1) is 13.8 Å². The molecule has 1 aromatic rings. The smallest absolute Gasteiger partial charge is 0.247 e. The number of rotatable bonds is 3. The first kappa shape index (κ1) is 18.4. The molecule has 2 N–H and O–H groups in total. The zero-order valence-corrected chi connectivity index (χ0v) is 14.7. The summed E-state index contributed by atoms with van der Waals surface area (Å²) < 4.78 is 29.1. The maximum absolute atomic E-state index is 13.0. The predicted octanol–water partition coefficient (Wildman–Crippen LogP) is 1.35. The number of sulfonamides is 1.